The van der Waals surface area contributed by atoms with Crippen LogP contribution in [0.25, 0.3) is 0 Å². The van der Waals surface area contributed by atoms with Crippen molar-refractivity contribution in [3.05, 3.63) is 30.3 Å². The van der Waals surface area contributed by atoms with Crippen LogP contribution in [0.5, 0.6) is 5.75 Å². The molecule has 0 bridgehead atoms. The Balaban J connectivity index is 1.60. The van der Waals surface area contributed by atoms with Crippen LogP contribution in [0.2, 0.25) is 0 Å². The van der Waals surface area contributed by atoms with Crippen LogP contribution in [0.15, 0.2) is 30.3 Å². The van der Waals surface area contributed by atoms with E-state index < -0.39 is 0 Å². The van der Waals surface area contributed by atoms with Crippen LogP contribution >= 0.6 is 0 Å². The van der Waals surface area contributed by atoms with E-state index in [0.717, 1.165) is 6.42 Å². The first kappa shape index (κ1) is 11.7. The Morgan fingerprint density at radius 2 is 1.94 bits per heavy atom. The molecule has 1 aromatic carbocycles. The van der Waals surface area contributed by atoms with E-state index in [1.165, 1.54) is 25.7 Å². The Labute approximate surface area is 108 Å². The van der Waals surface area contributed by atoms with Crippen molar-refractivity contribution in [3.63, 3.8) is 0 Å². The van der Waals surface area contributed by atoms with Crippen molar-refractivity contribution in [3.8, 4) is 5.75 Å². The molecule has 96 valence electrons. The summed E-state index contributed by atoms with van der Waals surface area (Å²) in [5.74, 6) is 1.18. The lowest BCUT2D eigenvalue weighted by molar-refractivity contribution is -0.136. The predicted molar refractivity (Wildman–Crippen MR) is 69.4 cm³/mol. The maximum absolute atomic E-state index is 12.1. The summed E-state index contributed by atoms with van der Waals surface area (Å²) in [6.07, 6.45) is 6.00. The smallest absolute Gasteiger partial charge is 0.328 e. The fourth-order valence-corrected chi connectivity index (χ4v) is 3.18. The van der Waals surface area contributed by atoms with Gasteiger partial charge < -0.3 is 10.1 Å². The average Bonchev–Trinajstić information content (AvgIpc) is 2.84. The molecule has 3 atom stereocenters. The van der Waals surface area contributed by atoms with Gasteiger partial charge in [0.05, 0.1) is 0 Å². The third-order valence-electron chi connectivity index (χ3n) is 4.11. The van der Waals surface area contributed by atoms with E-state index in [9.17, 15) is 4.79 Å². The maximum atomic E-state index is 12.1. The van der Waals surface area contributed by atoms with Gasteiger partial charge in [0, 0.05) is 6.04 Å². The van der Waals surface area contributed by atoms with Crippen molar-refractivity contribution >= 4 is 5.97 Å². The van der Waals surface area contributed by atoms with Gasteiger partial charge in [-0.05, 0) is 37.3 Å². The Hall–Kier alpha value is -1.35. The highest BCUT2D eigenvalue weighted by atomic mass is 16.5. The third kappa shape index (κ3) is 2.41. The summed E-state index contributed by atoms with van der Waals surface area (Å²) in [5.41, 5.74) is 0. The molecule has 1 aliphatic carbocycles. The van der Waals surface area contributed by atoms with Crippen LogP contribution in [0.4, 0.5) is 0 Å². The van der Waals surface area contributed by atoms with Crippen LogP contribution in [0.3, 0.4) is 0 Å². The van der Waals surface area contributed by atoms with E-state index in [2.05, 4.69) is 5.32 Å². The highest BCUT2D eigenvalue weighted by molar-refractivity contribution is 5.78. The second-order valence-electron chi connectivity index (χ2n) is 5.34. The lowest BCUT2D eigenvalue weighted by Crippen LogP contribution is -2.39. The zero-order valence-corrected chi connectivity index (χ0v) is 10.5. The van der Waals surface area contributed by atoms with Gasteiger partial charge in [-0.1, -0.05) is 31.0 Å². The highest BCUT2D eigenvalue weighted by Gasteiger charge is 2.39. The van der Waals surface area contributed by atoms with E-state index in [0.29, 0.717) is 17.7 Å². The van der Waals surface area contributed by atoms with Crippen molar-refractivity contribution in [2.45, 2.75) is 44.2 Å². The summed E-state index contributed by atoms with van der Waals surface area (Å²) < 4.78 is 5.40. The SMILES string of the molecule is O=C(Oc1ccccc1)[C@@H]1C[C@@H]2CCCC[C@@H]2N1. The standard InChI is InChI=1S/C15H19NO2/c17-15(18-12-7-2-1-3-8-12)14-10-11-6-4-5-9-13(11)16-14/h1-3,7-8,11,13-14,16H,4-6,9-10H2/t11-,13-,14-/m0/s1. The van der Waals surface area contributed by atoms with Crippen molar-refractivity contribution in [2.75, 3.05) is 0 Å². The van der Waals surface area contributed by atoms with Gasteiger partial charge in [-0.25, -0.2) is 4.79 Å². The maximum Gasteiger partial charge on any atom is 0.328 e. The fraction of sp³-hybridized carbons (Fsp3) is 0.533. The topological polar surface area (TPSA) is 38.3 Å². The molecule has 1 saturated carbocycles. The summed E-state index contributed by atoms with van der Waals surface area (Å²) >= 11 is 0. The molecule has 18 heavy (non-hydrogen) atoms. The largest absolute Gasteiger partial charge is 0.425 e. The minimum absolute atomic E-state index is 0.113. The van der Waals surface area contributed by atoms with E-state index in [4.69, 9.17) is 4.74 Å². The van der Waals surface area contributed by atoms with Crippen LogP contribution in [0.1, 0.15) is 32.1 Å². The Bertz CT molecular complexity index is 404. The highest BCUT2D eigenvalue weighted by Crippen LogP contribution is 2.33. The minimum Gasteiger partial charge on any atom is -0.425 e. The zero-order chi connectivity index (χ0) is 12.4. The number of benzene rings is 1. The molecule has 3 rings (SSSR count). The summed E-state index contributed by atoms with van der Waals surface area (Å²) in [7, 11) is 0. The molecule has 1 aromatic rings. The first-order valence-corrected chi connectivity index (χ1v) is 6.86. The molecule has 1 N–H and O–H groups in total. The predicted octanol–water partition coefficient (Wildman–Crippen LogP) is 2.51. The normalized spacial score (nSPS) is 30.8. The molecule has 1 saturated heterocycles. The molecule has 3 heteroatoms. The number of para-hydroxylation sites is 1. The van der Waals surface area contributed by atoms with Crippen molar-refractivity contribution in [2.24, 2.45) is 5.92 Å². The monoisotopic (exact) mass is 245 g/mol. The molecule has 0 amide bonds. The lowest BCUT2D eigenvalue weighted by atomic mass is 9.85. The van der Waals surface area contributed by atoms with E-state index in [-0.39, 0.29) is 12.0 Å². The number of carbonyl (C=O) groups is 1. The second-order valence-corrected chi connectivity index (χ2v) is 5.34. The first-order valence-electron chi connectivity index (χ1n) is 6.86. The van der Waals surface area contributed by atoms with E-state index in [1.807, 2.05) is 30.3 Å². The molecule has 0 radical (unpaired) electrons. The second kappa shape index (κ2) is 5.11. The van der Waals surface area contributed by atoms with Crippen molar-refractivity contribution in [1.82, 2.24) is 5.32 Å². The molecule has 3 nitrogen and oxygen atoms in total. The number of ether oxygens (including phenoxy) is 1. The van der Waals surface area contributed by atoms with Crippen LogP contribution < -0.4 is 10.1 Å². The van der Waals surface area contributed by atoms with E-state index >= 15 is 0 Å². The van der Waals surface area contributed by atoms with Gasteiger partial charge in [-0.15, -0.1) is 0 Å². The summed E-state index contributed by atoms with van der Waals surface area (Å²) in [6, 6.07) is 9.74. The molecule has 2 aliphatic rings. The third-order valence-corrected chi connectivity index (χ3v) is 4.11. The van der Waals surface area contributed by atoms with Gasteiger partial charge in [0.25, 0.3) is 0 Å². The molecular formula is C15H19NO2. The van der Waals surface area contributed by atoms with Crippen molar-refractivity contribution < 1.29 is 9.53 Å². The molecule has 0 spiro atoms. The number of hydrogen-bond donors (Lipinski definition) is 1. The van der Waals surface area contributed by atoms with Gasteiger partial charge in [-0.2, -0.15) is 0 Å². The van der Waals surface area contributed by atoms with Gasteiger partial charge >= 0.3 is 5.97 Å². The van der Waals surface area contributed by atoms with Crippen LogP contribution in [-0.2, 0) is 4.79 Å². The Morgan fingerprint density at radius 1 is 1.17 bits per heavy atom. The molecule has 1 aliphatic heterocycles. The number of nitrogens with one attached hydrogen (secondary N) is 1. The Morgan fingerprint density at radius 3 is 2.72 bits per heavy atom. The molecule has 1 heterocycles. The zero-order valence-electron chi connectivity index (χ0n) is 10.5. The van der Waals surface area contributed by atoms with Gasteiger partial charge in [0.2, 0.25) is 0 Å². The average molecular weight is 245 g/mol. The summed E-state index contributed by atoms with van der Waals surface area (Å²) in [4.78, 5) is 12.1. The number of fused-ring (bicyclic) bond motifs is 1. The van der Waals surface area contributed by atoms with Gasteiger partial charge in [-0.3, -0.25) is 0 Å². The number of hydrogen-bond acceptors (Lipinski definition) is 3. The van der Waals surface area contributed by atoms with Crippen molar-refractivity contribution in [1.29, 1.82) is 0 Å². The summed E-state index contributed by atoms with van der Waals surface area (Å²) in [5, 5.41) is 3.44. The number of esters is 1. The van der Waals surface area contributed by atoms with Gasteiger partial charge in [0.15, 0.2) is 0 Å². The molecule has 0 aromatic heterocycles. The molecular weight excluding hydrogens is 226 g/mol. The van der Waals surface area contributed by atoms with Crippen LogP contribution in [-0.4, -0.2) is 18.1 Å². The quantitative estimate of drug-likeness (QED) is 0.642. The van der Waals surface area contributed by atoms with Gasteiger partial charge in [0.1, 0.15) is 11.8 Å². The number of carbonyl (C=O) groups excluding carboxylic acids is 1. The fourth-order valence-electron chi connectivity index (χ4n) is 3.18. The van der Waals surface area contributed by atoms with Crippen LogP contribution in [0, 0.1) is 5.92 Å². The molecule has 0 unspecified atom stereocenters. The van der Waals surface area contributed by atoms with E-state index in [1.54, 1.807) is 0 Å². The molecule has 2 fully saturated rings. The number of rotatable bonds is 2. The lowest BCUT2D eigenvalue weighted by Gasteiger charge is -2.24. The summed E-state index contributed by atoms with van der Waals surface area (Å²) in [6.45, 7) is 0. The minimum atomic E-state index is -0.129. The first-order chi connectivity index (χ1) is 8.83. The Kier molecular flexibility index (Phi) is 3.33.